The molecule has 0 rings (SSSR count). The Morgan fingerprint density at radius 2 is 2.00 bits per heavy atom. The Morgan fingerprint density at radius 1 is 1.50 bits per heavy atom. The van der Waals surface area contributed by atoms with E-state index in [2.05, 4.69) is 0 Å². The number of amides is 3. The van der Waals surface area contributed by atoms with Crippen molar-refractivity contribution in [2.75, 3.05) is 0 Å². The number of hydrogen-bond donors (Lipinski definition) is 3. The van der Waals surface area contributed by atoms with Crippen molar-refractivity contribution < 1.29 is 9.59 Å². The second kappa shape index (κ2) is 4.71. The van der Waals surface area contributed by atoms with E-state index >= 15 is 0 Å². The number of nitrogens with one attached hydrogen (secondary N) is 1. The maximum absolute atomic E-state index is 11.0. The molecule has 5 N–H and O–H groups in total. The Balaban J connectivity index is 4.01. The summed E-state index contributed by atoms with van der Waals surface area (Å²) in [6.45, 7) is 3.76. The molecule has 0 aromatic heterocycles. The summed E-state index contributed by atoms with van der Waals surface area (Å²) in [6, 6.07) is -1.53. The highest BCUT2D eigenvalue weighted by atomic mass is 16.2. The lowest BCUT2D eigenvalue weighted by Crippen LogP contribution is -2.48. The van der Waals surface area contributed by atoms with E-state index in [0.29, 0.717) is 0 Å². The molecule has 0 aliphatic carbocycles. The molecule has 5 nitrogen and oxygen atoms in total. The van der Waals surface area contributed by atoms with Gasteiger partial charge in [-0.1, -0.05) is 20.3 Å². The van der Waals surface area contributed by atoms with Crippen molar-refractivity contribution in [2.45, 2.75) is 26.3 Å². The Hall–Kier alpha value is -1.10. The zero-order valence-electron chi connectivity index (χ0n) is 7.33. The van der Waals surface area contributed by atoms with Crippen LogP contribution in [0.25, 0.3) is 0 Å². The minimum atomic E-state index is -0.862. The Labute approximate surface area is 71.5 Å². The van der Waals surface area contributed by atoms with Crippen LogP contribution in [0.5, 0.6) is 0 Å². The van der Waals surface area contributed by atoms with Crippen LogP contribution in [0.2, 0.25) is 0 Å². The molecule has 0 saturated carbocycles. The molecular formula is C7H15N3O2. The Bertz CT molecular complexity index is 181. The lowest BCUT2D eigenvalue weighted by Gasteiger charge is -2.15. The molecule has 0 fully saturated rings. The Kier molecular flexibility index (Phi) is 4.28. The van der Waals surface area contributed by atoms with Crippen LogP contribution < -0.4 is 16.8 Å². The van der Waals surface area contributed by atoms with E-state index in [9.17, 15) is 9.59 Å². The number of rotatable bonds is 3. The average molecular weight is 173 g/mol. The van der Waals surface area contributed by atoms with Crippen molar-refractivity contribution in [1.82, 2.24) is 5.32 Å². The maximum Gasteiger partial charge on any atom is 0.318 e. The third-order valence-electron chi connectivity index (χ3n) is 1.81. The minimum absolute atomic E-state index is 0.0457. The quantitative estimate of drug-likeness (QED) is 0.539. The van der Waals surface area contributed by atoms with Gasteiger partial charge in [0.05, 0.1) is 6.04 Å². The largest absolute Gasteiger partial charge is 0.351 e. The fraction of sp³-hybridized carbons (Fsp3) is 0.714. The number of carbonyl (C=O) groups excluding carboxylic acids is 2. The third kappa shape index (κ3) is 3.34. The van der Waals surface area contributed by atoms with Gasteiger partial charge in [-0.15, -0.1) is 0 Å². The molecule has 0 bridgehead atoms. The second-order valence-electron chi connectivity index (χ2n) is 2.76. The molecule has 2 atom stereocenters. The molecule has 0 aromatic carbocycles. The predicted molar refractivity (Wildman–Crippen MR) is 45.2 cm³/mol. The number of hydrogen-bond acceptors (Lipinski definition) is 3. The van der Waals surface area contributed by atoms with E-state index < -0.39 is 18.0 Å². The van der Waals surface area contributed by atoms with Crippen LogP contribution in [0.4, 0.5) is 4.79 Å². The first-order valence-corrected chi connectivity index (χ1v) is 3.84. The second-order valence-corrected chi connectivity index (χ2v) is 2.76. The van der Waals surface area contributed by atoms with Crippen LogP contribution >= 0.6 is 0 Å². The number of primary amides is 1. The molecule has 0 aliphatic heterocycles. The van der Waals surface area contributed by atoms with Gasteiger partial charge in [0.15, 0.2) is 0 Å². The smallest absolute Gasteiger partial charge is 0.318 e. The van der Waals surface area contributed by atoms with Crippen molar-refractivity contribution in [2.24, 2.45) is 17.4 Å². The Morgan fingerprint density at radius 3 is 2.33 bits per heavy atom. The van der Waals surface area contributed by atoms with Gasteiger partial charge in [-0.3, -0.25) is 10.1 Å². The summed E-state index contributed by atoms with van der Waals surface area (Å²) < 4.78 is 0. The standard InChI is InChI=1S/C7H15N3O2/c1-3-4(2)5(8)6(11)10-7(9)12/h4-5H,3,8H2,1-2H3,(H3,9,10,11,12)/t4?,5-/m0/s1. The van der Waals surface area contributed by atoms with E-state index in [-0.39, 0.29) is 5.92 Å². The first-order valence-electron chi connectivity index (χ1n) is 3.84. The van der Waals surface area contributed by atoms with Crippen LogP contribution in [0.15, 0.2) is 0 Å². The van der Waals surface area contributed by atoms with Crippen LogP contribution in [0.3, 0.4) is 0 Å². The summed E-state index contributed by atoms with van der Waals surface area (Å²) in [5.74, 6) is -0.471. The molecule has 0 saturated heterocycles. The lowest BCUT2D eigenvalue weighted by atomic mass is 10.00. The summed E-state index contributed by atoms with van der Waals surface area (Å²) in [5.41, 5.74) is 10.2. The molecule has 70 valence electrons. The summed E-state index contributed by atoms with van der Waals surface area (Å²) in [6.07, 6.45) is 0.785. The minimum Gasteiger partial charge on any atom is -0.351 e. The van der Waals surface area contributed by atoms with Gasteiger partial charge in [0, 0.05) is 0 Å². The molecule has 0 aromatic rings. The van der Waals surface area contributed by atoms with Gasteiger partial charge in [0.1, 0.15) is 0 Å². The van der Waals surface area contributed by atoms with Crippen molar-refractivity contribution in [3.8, 4) is 0 Å². The predicted octanol–water partition coefficient (Wildman–Crippen LogP) is -0.445. The zero-order chi connectivity index (χ0) is 9.72. The first kappa shape index (κ1) is 10.9. The topological polar surface area (TPSA) is 98.2 Å². The van der Waals surface area contributed by atoms with E-state index in [4.69, 9.17) is 11.5 Å². The number of nitrogens with two attached hydrogens (primary N) is 2. The highest BCUT2D eigenvalue weighted by Crippen LogP contribution is 2.04. The van der Waals surface area contributed by atoms with Crippen LogP contribution in [-0.2, 0) is 4.79 Å². The fourth-order valence-corrected chi connectivity index (χ4v) is 0.717. The molecule has 1 unspecified atom stereocenters. The van der Waals surface area contributed by atoms with Crippen molar-refractivity contribution >= 4 is 11.9 Å². The van der Waals surface area contributed by atoms with Gasteiger partial charge in [-0.25, -0.2) is 4.79 Å². The normalized spacial score (nSPS) is 14.9. The van der Waals surface area contributed by atoms with Crippen LogP contribution in [0.1, 0.15) is 20.3 Å². The van der Waals surface area contributed by atoms with E-state index in [1.807, 2.05) is 19.2 Å². The SMILES string of the molecule is CCC(C)[C@H](N)C(=O)NC(N)=O. The van der Waals surface area contributed by atoms with Gasteiger partial charge in [0.2, 0.25) is 5.91 Å². The molecule has 0 heterocycles. The van der Waals surface area contributed by atoms with Gasteiger partial charge in [-0.05, 0) is 5.92 Å². The summed E-state index contributed by atoms with van der Waals surface area (Å²) in [7, 11) is 0. The van der Waals surface area contributed by atoms with Gasteiger partial charge >= 0.3 is 6.03 Å². The molecule has 3 amide bonds. The molecule has 0 spiro atoms. The number of carbonyl (C=O) groups is 2. The summed E-state index contributed by atoms with van der Waals surface area (Å²) in [5, 5.41) is 1.93. The fourth-order valence-electron chi connectivity index (χ4n) is 0.717. The molecule has 0 radical (unpaired) electrons. The van der Waals surface area contributed by atoms with Crippen molar-refractivity contribution in [3.63, 3.8) is 0 Å². The molecular weight excluding hydrogens is 158 g/mol. The average Bonchev–Trinajstić information content (AvgIpc) is 2.00. The van der Waals surface area contributed by atoms with E-state index in [0.717, 1.165) is 6.42 Å². The number of urea groups is 1. The van der Waals surface area contributed by atoms with Crippen molar-refractivity contribution in [1.29, 1.82) is 0 Å². The summed E-state index contributed by atoms with van der Waals surface area (Å²) >= 11 is 0. The van der Waals surface area contributed by atoms with Gasteiger partial charge < -0.3 is 11.5 Å². The lowest BCUT2D eigenvalue weighted by molar-refractivity contribution is -0.122. The highest BCUT2D eigenvalue weighted by molar-refractivity contribution is 5.96. The van der Waals surface area contributed by atoms with Crippen molar-refractivity contribution in [3.05, 3.63) is 0 Å². The van der Waals surface area contributed by atoms with Gasteiger partial charge in [0.25, 0.3) is 0 Å². The first-order chi connectivity index (χ1) is 5.49. The van der Waals surface area contributed by atoms with Crippen LogP contribution in [-0.4, -0.2) is 18.0 Å². The molecule has 0 aliphatic rings. The van der Waals surface area contributed by atoms with E-state index in [1.165, 1.54) is 0 Å². The zero-order valence-corrected chi connectivity index (χ0v) is 7.33. The number of imide groups is 1. The highest BCUT2D eigenvalue weighted by Gasteiger charge is 2.19. The van der Waals surface area contributed by atoms with Crippen LogP contribution in [0, 0.1) is 5.92 Å². The summed E-state index contributed by atoms with van der Waals surface area (Å²) in [4.78, 5) is 21.3. The molecule has 5 heteroatoms. The van der Waals surface area contributed by atoms with Gasteiger partial charge in [-0.2, -0.15) is 0 Å². The van der Waals surface area contributed by atoms with E-state index in [1.54, 1.807) is 0 Å². The maximum atomic E-state index is 11.0. The molecule has 12 heavy (non-hydrogen) atoms. The monoisotopic (exact) mass is 173 g/mol. The third-order valence-corrected chi connectivity index (χ3v) is 1.81.